The molecule has 2 aromatic carbocycles. The molecule has 5 N–H and O–H groups in total. The minimum Gasteiger partial charge on any atom is -0.479 e. The van der Waals surface area contributed by atoms with Crippen molar-refractivity contribution in [3.63, 3.8) is 0 Å². The molecule has 0 bridgehead atoms. The summed E-state index contributed by atoms with van der Waals surface area (Å²) in [5.74, 6) is -3.40. The van der Waals surface area contributed by atoms with E-state index in [9.17, 15) is 19.5 Å². The number of carbonyl (C=O) groups is 3. The first-order valence-electron chi connectivity index (χ1n) is 10.3. The van der Waals surface area contributed by atoms with Crippen LogP contribution in [0.15, 0.2) is 73.1 Å². The largest absolute Gasteiger partial charge is 0.479 e. The third-order valence-electron chi connectivity index (χ3n) is 4.94. The van der Waals surface area contributed by atoms with Crippen LogP contribution >= 0.6 is 11.6 Å². The molecule has 0 unspecified atom stereocenters. The van der Waals surface area contributed by atoms with E-state index in [4.69, 9.17) is 16.7 Å². The molecule has 0 aliphatic heterocycles. The van der Waals surface area contributed by atoms with E-state index < -0.39 is 29.9 Å². The molecule has 3 aromatic rings. The summed E-state index contributed by atoms with van der Waals surface area (Å²) >= 11 is 6.45. The van der Waals surface area contributed by atoms with Gasteiger partial charge in [-0.1, -0.05) is 54.1 Å². The van der Waals surface area contributed by atoms with Gasteiger partial charge >= 0.3 is 17.8 Å². The van der Waals surface area contributed by atoms with Crippen molar-refractivity contribution in [2.75, 3.05) is 5.43 Å². The van der Waals surface area contributed by atoms with Gasteiger partial charge in [-0.15, -0.1) is 0 Å². The van der Waals surface area contributed by atoms with E-state index in [1.54, 1.807) is 24.3 Å². The Kier molecular flexibility index (Phi) is 8.55. The first-order valence-corrected chi connectivity index (χ1v) is 10.7. The monoisotopic (exact) mass is 482 g/mol. The third kappa shape index (κ3) is 7.03. The van der Waals surface area contributed by atoms with Crippen LogP contribution in [0.25, 0.3) is 11.1 Å². The summed E-state index contributed by atoms with van der Waals surface area (Å²) in [7, 11) is 0. The van der Waals surface area contributed by atoms with Crippen molar-refractivity contribution in [2.24, 2.45) is 0 Å². The molecule has 9 nitrogen and oxygen atoms in total. The Morgan fingerprint density at radius 3 is 2.32 bits per heavy atom. The second kappa shape index (κ2) is 11.8. The molecule has 0 saturated heterocycles. The zero-order chi connectivity index (χ0) is 24.5. The molecule has 0 radical (unpaired) electrons. The number of hydrazine groups is 1. The Hall–Kier alpha value is -3.95. The fourth-order valence-corrected chi connectivity index (χ4v) is 3.57. The number of amides is 2. The SMILES string of the molecule is O=C(NNc1ccncc1)C(=O)N[C@H](Cc1ccc(-c2ccccc2)c(Cl)c1)C[C@@H](O)C(=O)O. The molecule has 1 heterocycles. The summed E-state index contributed by atoms with van der Waals surface area (Å²) in [4.78, 5) is 39.6. The third-order valence-corrected chi connectivity index (χ3v) is 5.25. The van der Waals surface area contributed by atoms with Gasteiger partial charge in [-0.25, -0.2) is 4.79 Å². The van der Waals surface area contributed by atoms with Crippen molar-refractivity contribution < 1.29 is 24.6 Å². The van der Waals surface area contributed by atoms with Crippen LogP contribution in [0.5, 0.6) is 0 Å². The van der Waals surface area contributed by atoms with Gasteiger partial charge in [0, 0.05) is 35.4 Å². The highest BCUT2D eigenvalue weighted by molar-refractivity contribution is 6.35. The maximum Gasteiger partial charge on any atom is 0.332 e. The minimum atomic E-state index is -1.72. The van der Waals surface area contributed by atoms with Gasteiger partial charge in [-0.2, -0.15) is 0 Å². The van der Waals surface area contributed by atoms with Crippen LogP contribution in [0, 0.1) is 0 Å². The van der Waals surface area contributed by atoms with Crippen LogP contribution in [0.3, 0.4) is 0 Å². The molecule has 0 spiro atoms. The highest BCUT2D eigenvalue weighted by atomic mass is 35.5. The second-order valence-corrected chi connectivity index (χ2v) is 7.87. The predicted molar refractivity (Wildman–Crippen MR) is 127 cm³/mol. The number of pyridine rings is 1. The lowest BCUT2D eigenvalue weighted by molar-refractivity contribution is -0.147. The zero-order valence-electron chi connectivity index (χ0n) is 17.9. The van der Waals surface area contributed by atoms with Gasteiger partial charge in [0.2, 0.25) is 0 Å². The number of aromatic nitrogens is 1. The number of anilines is 1. The number of benzene rings is 2. The average Bonchev–Trinajstić information content (AvgIpc) is 2.83. The molecule has 0 aliphatic rings. The fraction of sp³-hybridized carbons (Fsp3) is 0.167. The van der Waals surface area contributed by atoms with Gasteiger partial charge in [0.1, 0.15) is 0 Å². The number of nitrogens with zero attached hydrogens (tertiary/aromatic N) is 1. The average molecular weight is 483 g/mol. The van der Waals surface area contributed by atoms with Gasteiger partial charge in [0.15, 0.2) is 6.10 Å². The molecule has 2 atom stereocenters. The molecular weight excluding hydrogens is 460 g/mol. The normalized spacial score (nSPS) is 12.3. The van der Waals surface area contributed by atoms with Crippen molar-refractivity contribution >= 4 is 35.1 Å². The summed E-state index contributed by atoms with van der Waals surface area (Å²) < 4.78 is 0. The van der Waals surface area contributed by atoms with Crippen LogP contribution in [-0.2, 0) is 20.8 Å². The number of carbonyl (C=O) groups excluding carboxylic acids is 2. The lowest BCUT2D eigenvalue weighted by Gasteiger charge is -2.21. The number of hydrogen-bond donors (Lipinski definition) is 5. The van der Waals surface area contributed by atoms with Crippen molar-refractivity contribution in [2.45, 2.75) is 25.0 Å². The number of carboxylic acids is 1. The Labute approximate surface area is 200 Å². The Morgan fingerprint density at radius 2 is 1.68 bits per heavy atom. The van der Waals surface area contributed by atoms with E-state index in [2.05, 4.69) is 21.2 Å². The first kappa shape index (κ1) is 24.7. The quantitative estimate of drug-likeness (QED) is 0.233. The van der Waals surface area contributed by atoms with Crippen molar-refractivity contribution in [1.82, 2.24) is 15.7 Å². The summed E-state index contributed by atoms with van der Waals surface area (Å²) in [6, 6.07) is 17.2. The predicted octanol–water partition coefficient (Wildman–Crippen LogP) is 2.41. The van der Waals surface area contributed by atoms with Gasteiger partial charge in [-0.05, 0) is 35.7 Å². The van der Waals surface area contributed by atoms with Crippen molar-refractivity contribution in [3.05, 3.63) is 83.6 Å². The molecule has 0 aliphatic carbocycles. The second-order valence-electron chi connectivity index (χ2n) is 7.46. The molecule has 0 saturated carbocycles. The maximum atomic E-state index is 12.4. The Balaban J connectivity index is 1.69. The summed E-state index contributed by atoms with van der Waals surface area (Å²) in [6.45, 7) is 0. The highest BCUT2D eigenvalue weighted by Crippen LogP contribution is 2.29. The Morgan fingerprint density at radius 1 is 0.971 bits per heavy atom. The maximum absolute atomic E-state index is 12.4. The van der Waals surface area contributed by atoms with E-state index in [-0.39, 0.29) is 12.8 Å². The van der Waals surface area contributed by atoms with Crippen molar-refractivity contribution in [1.29, 1.82) is 0 Å². The van der Waals surface area contributed by atoms with E-state index in [0.29, 0.717) is 16.3 Å². The summed E-state index contributed by atoms with van der Waals surface area (Å²) in [5, 5.41) is 21.9. The van der Waals surface area contributed by atoms with Crippen LogP contribution in [0.1, 0.15) is 12.0 Å². The van der Waals surface area contributed by atoms with Crippen LogP contribution in [-0.4, -0.2) is 45.1 Å². The molecule has 176 valence electrons. The molecule has 3 rings (SSSR count). The number of aliphatic hydroxyl groups excluding tert-OH is 1. The van der Waals surface area contributed by atoms with Gasteiger partial charge < -0.3 is 15.5 Å². The Bertz CT molecular complexity index is 1140. The lowest BCUT2D eigenvalue weighted by atomic mass is 9.97. The molecule has 34 heavy (non-hydrogen) atoms. The lowest BCUT2D eigenvalue weighted by Crippen LogP contribution is -2.48. The minimum absolute atomic E-state index is 0.149. The first-order chi connectivity index (χ1) is 16.3. The summed E-state index contributed by atoms with van der Waals surface area (Å²) in [6.07, 6.45) is 1.14. The number of nitrogens with one attached hydrogen (secondary N) is 3. The van der Waals surface area contributed by atoms with Gasteiger partial charge in [-0.3, -0.25) is 25.4 Å². The number of rotatable bonds is 9. The molecule has 0 fully saturated rings. The number of aliphatic hydroxyl groups is 1. The fourth-order valence-electron chi connectivity index (χ4n) is 3.26. The molecule has 1 aromatic heterocycles. The standard InChI is InChI=1S/C24H23ClN4O5/c25-20-13-15(6-7-19(20)16-4-2-1-3-5-16)12-18(14-21(30)24(33)34)27-22(31)23(32)29-28-17-8-10-26-11-9-17/h1-11,13,18,21,30H,12,14H2,(H,26,28)(H,27,31)(H,29,32)(H,33,34)/t18-,21-/m1/s1. The molecular formula is C24H23ClN4O5. The smallest absolute Gasteiger partial charge is 0.332 e. The number of aliphatic carboxylic acids is 1. The molecule has 2 amide bonds. The van der Waals surface area contributed by atoms with Crippen molar-refractivity contribution in [3.8, 4) is 11.1 Å². The molecule has 10 heteroatoms. The summed E-state index contributed by atoms with van der Waals surface area (Å²) in [5.41, 5.74) is 7.79. The van der Waals surface area contributed by atoms with E-state index in [1.165, 1.54) is 12.4 Å². The van der Waals surface area contributed by atoms with Crippen LogP contribution in [0.4, 0.5) is 5.69 Å². The van der Waals surface area contributed by atoms with E-state index in [0.717, 1.165) is 11.1 Å². The number of hydrogen-bond acceptors (Lipinski definition) is 6. The number of carboxylic acid groups (broad SMARTS) is 1. The van der Waals surface area contributed by atoms with E-state index >= 15 is 0 Å². The number of halogens is 1. The van der Waals surface area contributed by atoms with Gasteiger partial charge in [0.05, 0.1) is 5.69 Å². The van der Waals surface area contributed by atoms with Crippen LogP contribution < -0.4 is 16.2 Å². The highest BCUT2D eigenvalue weighted by Gasteiger charge is 2.24. The van der Waals surface area contributed by atoms with E-state index in [1.807, 2.05) is 36.4 Å². The zero-order valence-corrected chi connectivity index (χ0v) is 18.7. The van der Waals surface area contributed by atoms with Crippen LogP contribution in [0.2, 0.25) is 5.02 Å². The topological polar surface area (TPSA) is 141 Å². The van der Waals surface area contributed by atoms with Gasteiger partial charge in [0.25, 0.3) is 0 Å².